The number of aliphatic hydroxyl groups is 1. The van der Waals surface area contributed by atoms with Gasteiger partial charge in [0.15, 0.2) is 0 Å². The van der Waals surface area contributed by atoms with E-state index in [1.165, 1.54) is 27.8 Å². The highest BCUT2D eigenvalue weighted by molar-refractivity contribution is 5.67. The normalized spacial score (nSPS) is 17.5. The minimum absolute atomic E-state index is 0.257. The monoisotopic (exact) mass is 252 g/mol. The molecule has 98 valence electrons. The van der Waals surface area contributed by atoms with Crippen LogP contribution in [-0.2, 0) is 12.8 Å². The first-order valence-corrected chi connectivity index (χ1v) is 7.09. The third kappa shape index (κ3) is 2.31. The average molecular weight is 252 g/mol. The molecule has 2 aromatic rings. The Bertz CT molecular complexity index is 613. The summed E-state index contributed by atoms with van der Waals surface area (Å²) in [6, 6.07) is 13.3. The van der Waals surface area contributed by atoms with Crippen LogP contribution in [0.5, 0.6) is 0 Å². The molecule has 0 fully saturated rings. The lowest BCUT2D eigenvalue weighted by atomic mass is 9.96. The molecule has 0 heterocycles. The van der Waals surface area contributed by atoms with Gasteiger partial charge in [-0.15, -0.1) is 0 Å². The molecule has 0 spiro atoms. The summed E-state index contributed by atoms with van der Waals surface area (Å²) < 4.78 is 0. The first-order valence-electron chi connectivity index (χ1n) is 7.09. The summed E-state index contributed by atoms with van der Waals surface area (Å²) in [4.78, 5) is 0. The Balaban J connectivity index is 2.05. The second-order valence-electron chi connectivity index (χ2n) is 5.53. The van der Waals surface area contributed by atoms with Crippen molar-refractivity contribution in [2.24, 2.45) is 0 Å². The largest absolute Gasteiger partial charge is 0.388 e. The Kier molecular flexibility index (Phi) is 3.16. The maximum Gasteiger partial charge on any atom is 0.0795 e. The van der Waals surface area contributed by atoms with Crippen molar-refractivity contribution in [1.29, 1.82) is 0 Å². The van der Waals surface area contributed by atoms with E-state index in [1.807, 2.05) is 0 Å². The van der Waals surface area contributed by atoms with Gasteiger partial charge in [0.1, 0.15) is 0 Å². The van der Waals surface area contributed by atoms with E-state index >= 15 is 0 Å². The molecule has 1 atom stereocenters. The highest BCUT2D eigenvalue weighted by Crippen LogP contribution is 2.34. The van der Waals surface area contributed by atoms with Crippen molar-refractivity contribution in [3.05, 3.63) is 58.7 Å². The zero-order chi connectivity index (χ0) is 13.4. The predicted octanol–water partition coefficient (Wildman–Crippen LogP) is 4.20. The molecule has 0 saturated carbocycles. The Labute approximate surface area is 114 Å². The van der Waals surface area contributed by atoms with E-state index in [-0.39, 0.29) is 6.10 Å². The van der Waals surface area contributed by atoms with Crippen molar-refractivity contribution in [2.45, 2.75) is 39.2 Å². The molecule has 0 amide bonds. The van der Waals surface area contributed by atoms with Crippen LogP contribution in [0.1, 0.15) is 41.7 Å². The average Bonchev–Trinajstić information content (AvgIpc) is 2.79. The van der Waals surface area contributed by atoms with Crippen LogP contribution in [-0.4, -0.2) is 5.11 Å². The van der Waals surface area contributed by atoms with Crippen LogP contribution in [0.25, 0.3) is 11.1 Å². The maximum atomic E-state index is 9.87. The second kappa shape index (κ2) is 4.82. The molecule has 0 bridgehead atoms. The van der Waals surface area contributed by atoms with Crippen molar-refractivity contribution in [3.8, 4) is 11.1 Å². The summed E-state index contributed by atoms with van der Waals surface area (Å²) >= 11 is 0. The van der Waals surface area contributed by atoms with E-state index in [4.69, 9.17) is 0 Å². The Hall–Kier alpha value is -1.60. The van der Waals surface area contributed by atoms with Gasteiger partial charge in [-0.1, -0.05) is 48.9 Å². The van der Waals surface area contributed by atoms with Gasteiger partial charge in [0.05, 0.1) is 6.10 Å². The molecule has 0 radical (unpaired) electrons. The Morgan fingerprint density at radius 3 is 2.74 bits per heavy atom. The van der Waals surface area contributed by atoms with Crippen molar-refractivity contribution in [3.63, 3.8) is 0 Å². The van der Waals surface area contributed by atoms with Gasteiger partial charge in [0, 0.05) is 0 Å². The van der Waals surface area contributed by atoms with Gasteiger partial charge in [-0.3, -0.25) is 0 Å². The summed E-state index contributed by atoms with van der Waals surface area (Å²) in [6.07, 6.45) is 2.68. The van der Waals surface area contributed by atoms with Crippen LogP contribution in [0.2, 0.25) is 0 Å². The van der Waals surface area contributed by atoms with Gasteiger partial charge < -0.3 is 5.11 Å². The smallest absolute Gasteiger partial charge is 0.0795 e. The second-order valence-corrected chi connectivity index (χ2v) is 5.53. The molecule has 0 saturated heterocycles. The summed E-state index contributed by atoms with van der Waals surface area (Å²) in [5, 5.41) is 9.87. The minimum Gasteiger partial charge on any atom is -0.388 e. The summed E-state index contributed by atoms with van der Waals surface area (Å²) in [5.74, 6) is 0. The fourth-order valence-corrected chi connectivity index (χ4v) is 3.01. The van der Waals surface area contributed by atoms with Crippen LogP contribution >= 0.6 is 0 Å². The topological polar surface area (TPSA) is 20.2 Å². The Morgan fingerprint density at radius 2 is 1.95 bits per heavy atom. The van der Waals surface area contributed by atoms with E-state index in [9.17, 15) is 5.11 Å². The van der Waals surface area contributed by atoms with E-state index in [0.29, 0.717) is 0 Å². The summed E-state index contributed by atoms with van der Waals surface area (Å²) in [7, 11) is 0. The summed E-state index contributed by atoms with van der Waals surface area (Å²) in [5.41, 5.74) is 7.69. The molecule has 1 N–H and O–H groups in total. The van der Waals surface area contributed by atoms with Crippen LogP contribution in [0, 0.1) is 6.92 Å². The lowest BCUT2D eigenvalue weighted by Gasteiger charge is -2.09. The van der Waals surface area contributed by atoms with Crippen molar-refractivity contribution in [2.75, 3.05) is 0 Å². The molecular formula is C18H20O. The zero-order valence-corrected chi connectivity index (χ0v) is 11.6. The summed E-state index contributed by atoms with van der Waals surface area (Å²) in [6.45, 7) is 4.34. The lowest BCUT2D eigenvalue weighted by Crippen LogP contribution is -1.91. The number of aryl methyl sites for hydroxylation is 3. The number of rotatable bonds is 2. The molecule has 19 heavy (non-hydrogen) atoms. The third-order valence-electron chi connectivity index (χ3n) is 4.07. The first kappa shape index (κ1) is 12.4. The van der Waals surface area contributed by atoms with Crippen LogP contribution in [0.3, 0.4) is 0 Å². The molecule has 2 aromatic carbocycles. The van der Waals surface area contributed by atoms with E-state index in [1.54, 1.807) is 0 Å². The van der Waals surface area contributed by atoms with Crippen LogP contribution < -0.4 is 0 Å². The molecule has 1 unspecified atom stereocenters. The van der Waals surface area contributed by atoms with E-state index < -0.39 is 0 Å². The van der Waals surface area contributed by atoms with E-state index in [2.05, 4.69) is 50.2 Å². The molecule has 0 aliphatic heterocycles. The number of benzene rings is 2. The highest BCUT2D eigenvalue weighted by atomic mass is 16.3. The van der Waals surface area contributed by atoms with Crippen molar-refractivity contribution in [1.82, 2.24) is 0 Å². The number of aliphatic hydroxyl groups excluding tert-OH is 1. The van der Waals surface area contributed by atoms with Crippen molar-refractivity contribution >= 4 is 0 Å². The van der Waals surface area contributed by atoms with Gasteiger partial charge in [-0.2, -0.15) is 0 Å². The maximum absolute atomic E-state index is 9.87. The molecule has 1 nitrogen and oxygen atoms in total. The van der Waals surface area contributed by atoms with Gasteiger partial charge in [-0.05, 0) is 54.0 Å². The van der Waals surface area contributed by atoms with E-state index in [0.717, 1.165) is 24.8 Å². The molecule has 1 aliphatic carbocycles. The molecule has 3 rings (SSSR count). The standard InChI is InChI=1S/C18H20O/c1-3-13-8-12(2)9-16(10-13)14-4-6-17-15(11-14)5-7-18(17)19/h4,6,8-11,18-19H,3,5,7H2,1-2H3. The minimum atomic E-state index is -0.257. The van der Waals surface area contributed by atoms with Crippen molar-refractivity contribution < 1.29 is 5.11 Å². The fraction of sp³-hybridized carbons (Fsp3) is 0.333. The third-order valence-corrected chi connectivity index (χ3v) is 4.07. The SMILES string of the molecule is CCc1cc(C)cc(-c2ccc3c(c2)CCC3O)c1. The first-order chi connectivity index (χ1) is 9.17. The predicted molar refractivity (Wildman–Crippen MR) is 79.3 cm³/mol. The number of hydrogen-bond donors (Lipinski definition) is 1. The van der Waals surface area contributed by atoms with Crippen LogP contribution in [0.15, 0.2) is 36.4 Å². The fourth-order valence-electron chi connectivity index (χ4n) is 3.01. The molecule has 0 aromatic heterocycles. The molecular weight excluding hydrogens is 232 g/mol. The quantitative estimate of drug-likeness (QED) is 0.849. The molecule has 1 aliphatic rings. The van der Waals surface area contributed by atoms with Gasteiger partial charge in [0.25, 0.3) is 0 Å². The van der Waals surface area contributed by atoms with Gasteiger partial charge in [0.2, 0.25) is 0 Å². The van der Waals surface area contributed by atoms with Gasteiger partial charge in [-0.25, -0.2) is 0 Å². The van der Waals surface area contributed by atoms with Gasteiger partial charge >= 0.3 is 0 Å². The highest BCUT2D eigenvalue weighted by Gasteiger charge is 2.20. The lowest BCUT2D eigenvalue weighted by molar-refractivity contribution is 0.180. The molecule has 1 heteroatoms. The zero-order valence-electron chi connectivity index (χ0n) is 11.6. The number of fused-ring (bicyclic) bond motifs is 1. The number of hydrogen-bond acceptors (Lipinski definition) is 1. The van der Waals surface area contributed by atoms with Crippen LogP contribution in [0.4, 0.5) is 0 Å². The Morgan fingerprint density at radius 1 is 1.11 bits per heavy atom.